The van der Waals surface area contributed by atoms with Gasteiger partial charge in [0.2, 0.25) is 0 Å². The summed E-state index contributed by atoms with van der Waals surface area (Å²) in [5.74, 6) is 0. The van der Waals surface area contributed by atoms with Gasteiger partial charge in [-0.1, -0.05) is 37.9 Å². The van der Waals surface area contributed by atoms with Gasteiger partial charge in [-0.25, -0.2) is 0 Å². The Morgan fingerprint density at radius 3 is 2.53 bits per heavy atom. The van der Waals surface area contributed by atoms with Gasteiger partial charge < -0.3 is 10.2 Å². The van der Waals surface area contributed by atoms with E-state index >= 15 is 0 Å². The van der Waals surface area contributed by atoms with Gasteiger partial charge in [0, 0.05) is 10.7 Å². The summed E-state index contributed by atoms with van der Waals surface area (Å²) in [7, 11) is 0. The van der Waals surface area contributed by atoms with E-state index < -0.39 is 12.2 Å². The first-order valence-electron chi connectivity index (χ1n) is 5.15. The molecule has 0 heterocycles. The highest BCUT2D eigenvalue weighted by Gasteiger charge is 2.20. The summed E-state index contributed by atoms with van der Waals surface area (Å²) in [6, 6.07) is 7.13. The fourth-order valence-electron chi connectivity index (χ4n) is 1.54. The van der Waals surface area contributed by atoms with Gasteiger partial charge in [0.25, 0.3) is 0 Å². The molecule has 0 aliphatic carbocycles. The van der Waals surface area contributed by atoms with E-state index in [0.29, 0.717) is 28.2 Å². The molecular weight excluding hydrogens is 350 g/mol. The Morgan fingerprint density at radius 1 is 1.29 bits per heavy atom. The molecule has 0 spiro atoms. The van der Waals surface area contributed by atoms with Crippen LogP contribution in [0.3, 0.4) is 0 Å². The van der Waals surface area contributed by atoms with Crippen LogP contribution in [0.25, 0.3) is 0 Å². The van der Waals surface area contributed by atoms with E-state index in [1.165, 1.54) is 0 Å². The van der Waals surface area contributed by atoms with Crippen LogP contribution in [-0.4, -0.2) is 21.6 Å². The topological polar surface area (TPSA) is 64.2 Å². The number of halogens is 2. The van der Waals surface area contributed by atoms with E-state index in [-0.39, 0.29) is 0 Å². The highest BCUT2D eigenvalue weighted by atomic mass is 79.9. The molecule has 92 valence electrons. The van der Waals surface area contributed by atoms with Crippen molar-refractivity contribution in [3.8, 4) is 6.07 Å². The van der Waals surface area contributed by atoms with Crippen LogP contribution in [0.5, 0.6) is 0 Å². The maximum Gasteiger partial charge on any atom is 0.105 e. The average Bonchev–Trinajstić information content (AvgIpc) is 2.37. The van der Waals surface area contributed by atoms with E-state index in [2.05, 4.69) is 31.9 Å². The van der Waals surface area contributed by atoms with E-state index in [1.54, 1.807) is 18.2 Å². The molecule has 0 saturated carbocycles. The highest BCUT2D eigenvalue weighted by molar-refractivity contribution is 9.09. The van der Waals surface area contributed by atoms with Crippen molar-refractivity contribution >= 4 is 31.9 Å². The monoisotopic (exact) mass is 361 g/mol. The minimum atomic E-state index is -0.964. The fourth-order valence-corrected chi connectivity index (χ4v) is 2.52. The lowest BCUT2D eigenvalue weighted by Gasteiger charge is -2.19. The van der Waals surface area contributed by atoms with Crippen LogP contribution in [0.4, 0.5) is 0 Å². The third-order valence-corrected chi connectivity index (χ3v) is 3.57. The summed E-state index contributed by atoms with van der Waals surface area (Å²) in [6.07, 6.45) is -1.34. The molecule has 2 unspecified atom stereocenters. The maximum atomic E-state index is 10.1. The Hall–Kier alpha value is -0.410. The summed E-state index contributed by atoms with van der Waals surface area (Å²) >= 11 is 6.55. The lowest BCUT2D eigenvalue weighted by molar-refractivity contribution is 0.0169. The van der Waals surface area contributed by atoms with Gasteiger partial charge in [-0.15, -0.1) is 0 Å². The van der Waals surface area contributed by atoms with Gasteiger partial charge >= 0.3 is 0 Å². The standard InChI is InChI=1S/C12H13Br2NO2/c13-4-3-11(16)12(17)10-5-8(7-15)1-2-9(10)6-14/h1-2,5,11-12,16-17H,3-4,6H2. The second kappa shape index (κ2) is 7.12. The highest BCUT2D eigenvalue weighted by Crippen LogP contribution is 2.26. The zero-order valence-electron chi connectivity index (χ0n) is 9.11. The Kier molecular flexibility index (Phi) is 6.14. The van der Waals surface area contributed by atoms with Crippen LogP contribution in [-0.2, 0) is 5.33 Å². The Bertz CT molecular complexity index is 417. The summed E-state index contributed by atoms with van der Waals surface area (Å²) < 4.78 is 0. The number of aliphatic hydroxyl groups is 2. The summed E-state index contributed by atoms with van der Waals surface area (Å²) in [5.41, 5.74) is 1.97. The number of aliphatic hydroxyl groups excluding tert-OH is 2. The predicted octanol–water partition coefficient (Wildman–Crippen LogP) is 2.63. The first-order valence-corrected chi connectivity index (χ1v) is 7.39. The molecule has 0 aliphatic heterocycles. The van der Waals surface area contributed by atoms with Gasteiger partial charge in [0.15, 0.2) is 0 Å². The number of benzene rings is 1. The van der Waals surface area contributed by atoms with E-state index in [9.17, 15) is 10.2 Å². The molecule has 0 fully saturated rings. The van der Waals surface area contributed by atoms with Crippen molar-refractivity contribution in [2.45, 2.75) is 24.0 Å². The van der Waals surface area contributed by atoms with Crippen molar-refractivity contribution in [3.63, 3.8) is 0 Å². The van der Waals surface area contributed by atoms with Crippen LogP contribution in [0.2, 0.25) is 0 Å². The molecule has 2 N–H and O–H groups in total. The van der Waals surface area contributed by atoms with E-state index in [4.69, 9.17) is 5.26 Å². The second-order valence-electron chi connectivity index (χ2n) is 3.65. The van der Waals surface area contributed by atoms with E-state index in [0.717, 1.165) is 5.56 Å². The predicted molar refractivity (Wildman–Crippen MR) is 73.2 cm³/mol. The molecule has 0 saturated heterocycles. The second-order valence-corrected chi connectivity index (χ2v) is 5.00. The molecule has 0 radical (unpaired) electrons. The molecule has 0 amide bonds. The van der Waals surface area contributed by atoms with Crippen LogP contribution >= 0.6 is 31.9 Å². The molecule has 1 aromatic carbocycles. The van der Waals surface area contributed by atoms with Crippen molar-refractivity contribution in [3.05, 3.63) is 34.9 Å². The smallest absolute Gasteiger partial charge is 0.105 e. The van der Waals surface area contributed by atoms with Crippen molar-refractivity contribution in [2.24, 2.45) is 0 Å². The quantitative estimate of drug-likeness (QED) is 0.791. The number of hydrogen-bond donors (Lipinski definition) is 2. The van der Waals surface area contributed by atoms with Gasteiger partial charge in [-0.2, -0.15) is 5.26 Å². The summed E-state index contributed by atoms with van der Waals surface area (Å²) in [5, 5.41) is 29.9. The average molecular weight is 363 g/mol. The fraction of sp³-hybridized carbons (Fsp3) is 0.417. The zero-order chi connectivity index (χ0) is 12.8. The minimum absolute atomic E-state index is 0.458. The molecule has 3 nitrogen and oxygen atoms in total. The van der Waals surface area contributed by atoms with Crippen molar-refractivity contribution < 1.29 is 10.2 Å². The SMILES string of the molecule is N#Cc1ccc(CBr)c(C(O)C(O)CCBr)c1. The first kappa shape index (κ1) is 14.7. The van der Waals surface area contributed by atoms with E-state index in [1.807, 2.05) is 6.07 Å². The Balaban J connectivity index is 3.05. The number of rotatable bonds is 5. The normalized spacial score (nSPS) is 14.1. The third kappa shape index (κ3) is 3.78. The molecule has 17 heavy (non-hydrogen) atoms. The molecule has 0 aliphatic rings. The first-order chi connectivity index (χ1) is 8.13. The zero-order valence-corrected chi connectivity index (χ0v) is 12.3. The van der Waals surface area contributed by atoms with Crippen molar-refractivity contribution in [1.29, 1.82) is 5.26 Å². The van der Waals surface area contributed by atoms with Gasteiger partial charge in [-0.05, 0) is 29.7 Å². The number of nitriles is 1. The minimum Gasteiger partial charge on any atom is -0.390 e. The van der Waals surface area contributed by atoms with Gasteiger partial charge in [-0.3, -0.25) is 0 Å². The van der Waals surface area contributed by atoms with Gasteiger partial charge in [0.1, 0.15) is 6.10 Å². The third-order valence-electron chi connectivity index (χ3n) is 2.51. The number of alkyl halides is 2. The summed E-state index contributed by atoms with van der Waals surface area (Å²) in [4.78, 5) is 0. The molecule has 2 atom stereocenters. The van der Waals surface area contributed by atoms with Crippen LogP contribution in [0.15, 0.2) is 18.2 Å². The maximum absolute atomic E-state index is 10.1. The van der Waals surface area contributed by atoms with Crippen LogP contribution < -0.4 is 0 Å². The molecule has 1 aromatic rings. The van der Waals surface area contributed by atoms with Crippen LogP contribution in [0.1, 0.15) is 29.2 Å². The molecule has 0 bridgehead atoms. The number of hydrogen-bond acceptors (Lipinski definition) is 3. The molecule has 1 rings (SSSR count). The Morgan fingerprint density at radius 2 is 2.00 bits per heavy atom. The molecular formula is C12H13Br2NO2. The van der Waals surface area contributed by atoms with Crippen LogP contribution in [0, 0.1) is 11.3 Å². The van der Waals surface area contributed by atoms with Crippen molar-refractivity contribution in [2.75, 3.05) is 5.33 Å². The number of nitrogens with zero attached hydrogens (tertiary/aromatic N) is 1. The molecule has 0 aromatic heterocycles. The lowest BCUT2D eigenvalue weighted by Crippen LogP contribution is -2.19. The molecule has 5 heteroatoms. The van der Waals surface area contributed by atoms with Gasteiger partial charge in [0.05, 0.1) is 17.7 Å². The largest absolute Gasteiger partial charge is 0.390 e. The lowest BCUT2D eigenvalue weighted by atomic mass is 9.96. The Labute approximate surface area is 117 Å². The van der Waals surface area contributed by atoms with Crippen molar-refractivity contribution in [1.82, 2.24) is 0 Å². The summed E-state index contributed by atoms with van der Waals surface area (Å²) in [6.45, 7) is 0.